The highest BCUT2D eigenvalue weighted by molar-refractivity contribution is 7.90. The Morgan fingerprint density at radius 3 is 2.66 bits per heavy atom. The lowest BCUT2D eigenvalue weighted by Crippen LogP contribution is -2.62. The molecule has 0 unspecified atom stereocenters. The molecule has 4 aliphatic rings. The van der Waals surface area contributed by atoms with Crippen molar-refractivity contribution >= 4 is 33.2 Å². The molecule has 2 heterocycles. The van der Waals surface area contributed by atoms with E-state index in [-0.39, 0.29) is 16.7 Å². The van der Waals surface area contributed by atoms with Gasteiger partial charge in [-0.3, -0.25) is 10.1 Å². The van der Waals surface area contributed by atoms with E-state index in [4.69, 9.17) is 16.3 Å². The summed E-state index contributed by atoms with van der Waals surface area (Å²) in [6.45, 7) is 2.12. The smallest absolute Gasteiger partial charge is 0.264 e. The molecule has 6 rings (SSSR count). The molecular weight excluding hydrogens is 562 g/mol. The van der Waals surface area contributed by atoms with Crippen LogP contribution in [0, 0.1) is 11.8 Å². The van der Waals surface area contributed by atoms with E-state index < -0.39 is 27.6 Å². The molecule has 2 aliphatic carbocycles. The number of fused-ring (bicyclic) bond motifs is 3. The van der Waals surface area contributed by atoms with E-state index >= 15 is 0 Å². The van der Waals surface area contributed by atoms with Crippen LogP contribution in [-0.4, -0.2) is 50.7 Å². The van der Waals surface area contributed by atoms with Crippen molar-refractivity contribution in [2.75, 3.05) is 24.5 Å². The molecule has 2 aromatic carbocycles. The van der Waals surface area contributed by atoms with Gasteiger partial charge in [0.1, 0.15) is 12.4 Å². The Morgan fingerprint density at radius 1 is 1.05 bits per heavy atom. The van der Waals surface area contributed by atoms with E-state index in [0.717, 1.165) is 49.7 Å². The topological polar surface area (TPSA) is 108 Å². The minimum atomic E-state index is -4.12. The van der Waals surface area contributed by atoms with Crippen LogP contribution in [0.15, 0.2) is 53.4 Å². The van der Waals surface area contributed by atoms with Crippen molar-refractivity contribution in [2.45, 2.75) is 74.5 Å². The average Bonchev–Trinajstić information content (AvgIpc) is 2.92. The molecule has 10 heteroatoms. The second kappa shape index (κ2) is 11.6. The van der Waals surface area contributed by atoms with Crippen LogP contribution < -0.4 is 19.7 Å². The van der Waals surface area contributed by atoms with Gasteiger partial charge < -0.3 is 14.7 Å². The summed E-state index contributed by atoms with van der Waals surface area (Å²) >= 11 is 6.30. The maximum absolute atomic E-state index is 13.5. The van der Waals surface area contributed by atoms with Gasteiger partial charge in [0.05, 0.1) is 22.2 Å². The summed E-state index contributed by atoms with van der Waals surface area (Å²) in [5.41, 5.74) is 1.98. The zero-order valence-corrected chi connectivity index (χ0v) is 24.7. The molecule has 3 atom stereocenters. The highest BCUT2D eigenvalue weighted by Crippen LogP contribution is 2.41. The summed E-state index contributed by atoms with van der Waals surface area (Å²) in [4.78, 5) is 15.5. The van der Waals surface area contributed by atoms with Gasteiger partial charge in [-0.15, -0.1) is 0 Å². The van der Waals surface area contributed by atoms with Gasteiger partial charge in [-0.25, -0.2) is 13.1 Å². The van der Waals surface area contributed by atoms with Crippen LogP contribution in [0.4, 0.5) is 5.69 Å². The van der Waals surface area contributed by atoms with Crippen LogP contribution in [0.2, 0.25) is 5.02 Å². The number of hydrogen-bond donors (Lipinski definition) is 3. The lowest BCUT2D eigenvalue weighted by molar-refractivity contribution is -0.129. The van der Waals surface area contributed by atoms with Gasteiger partial charge in [-0.1, -0.05) is 29.8 Å². The third-order valence-electron chi connectivity index (χ3n) is 9.39. The SMILES string of the molecule is O=C1NS(=O)(=O)c2ccc3c(c2)N(CCCCc2cc(Cl)ccc2CO3)C[C@@H]2CC[C@H]2[C@@H](O)/C=C/CNC12CCC2. The minimum Gasteiger partial charge on any atom is -0.487 e. The quantitative estimate of drug-likeness (QED) is 0.387. The zero-order chi connectivity index (χ0) is 28.6. The third kappa shape index (κ3) is 5.87. The van der Waals surface area contributed by atoms with Crippen molar-refractivity contribution < 1.29 is 23.1 Å². The number of aliphatic hydroxyl groups excluding tert-OH is 1. The molecule has 0 saturated heterocycles. The number of halogens is 1. The highest BCUT2D eigenvalue weighted by Gasteiger charge is 2.45. The number of ether oxygens (including phenoxy) is 1. The molecule has 0 aromatic heterocycles. The van der Waals surface area contributed by atoms with Gasteiger partial charge in [0, 0.05) is 24.7 Å². The van der Waals surface area contributed by atoms with E-state index in [0.29, 0.717) is 55.5 Å². The Balaban J connectivity index is 1.39. The first-order chi connectivity index (χ1) is 19.7. The number of amides is 1. The van der Waals surface area contributed by atoms with Crippen LogP contribution in [0.1, 0.15) is 56.1 Å². The molecule has 2 aliphatic heterocycles. The molecule has 1 amide bonds. The van der Waals surface area contributed by atoms with E-state index in [1.54, 1.807) is 12.1 Å². The van der Waals surface area contributed by atoms with Crippen molar-refractivity contribution in [3.63, 3.8) is 0 Å². The molecule has 2 fully saturated rings. The summed E-state index contributed by atoms with van der Waals surface area (Å²) in [5, 5.41) is 15.0. The van der Waals surface area contributed by atoms with Crippen molar-refractivity contribution in [3.8, 4) is 5.75 Å². The van der Waals surface area contributed by atoms with E-state index in [9.17, 15) is 18.3 Å². The van der Waals surface area contributed by atoms with Crippen LogP contribution in [0.3, 0.4) is 0 Å². The average molecular weight is 600 g/mol. The van der Waals surface area contributed by atoms with E-state index in [1.165, 1.54) is 6.07 Å². The van der Waals surface area contributed by atoms with Crippen molar-refractivity contribution in [1.29, 1.82) is 0 Å². The fraction of sp³-hybridized carbons (Fsp3) is 0.516. The molecule has 41 heavy (non-hydrogen) atoms. The van der Waals surface area contributed by atoms with Gasteiger partial charge in [0.2, 0.25) is 0 Å². The Bertz CT molecular complexity index is 1440. The first kappa shape index (κ1) is 28.5. The number of nitrogens with zero attached hydrogens (tertiary/aromatic N) is 1. The molecule has 1 spiro atoms. The number of aliphatic hydroxyl groups is 1. The van der Waals surface area contributed by atoms with E-state index in [2.05, 4.69) is 14.9 Å². The molecule has 2 aromatic rings. The van der Waals surface area contributed by atoms with Gasteiger partial charge in [0.15, 0.2) is 0 Å². The van der Waals surface area contributed by atoms with Crippen LogP contribution >= 0.6 is 11.6 Å². The fourth-order valence-electron chi connectivity index (χ4n) is 6.54. The number of carbonyl (C=O) groups is 1. The lowest BCUT2D eigenvalue weighted by atomic mass is 9.70. The normalized spacial score (nSPS) is 28.4. The number of rotatable bonds is 0. The predicted molar refractivity (Wildman–Crippen MR) is 159 cm³/mol. The predicted octanol–water partition coefficient (Wildman–Crippen LogP) is 4.34. The number of sulfonamides is 1. The van der Waals surface area contributed by atoms with Crippen LogP contribution in [-0.2, 0) is 27.8 Å². The van der Waals surface area contributed by atoms with Crippen molar-refractivity contribution in [1.82, 2.24) is 10.0 Å². The maximum Gasteiger partial charge on any atom is 0.264 e. The van der Waals surface area contributed by atoms with Crippen LogP contribution in [0.25, 0.3) is 0 Å². The number of hydrogen-bond acceptors (Lipinski definition) is 7. The molecule has 220 valence electrons. The second-order valence-corrected chi connectivity index (χ2v) is 14.0. The number of carbonyl (C=O) groups excluding carboxylic acids is 1. The Labute approximate surface area is 247 Å². The molecule has 2 saturated carbocycles. The van der Waals surface area contributed by atoms with Gasteiger partial charge in [0.25, 0.3) is 15.9 Å². The lowest BCUT2D eigenvalue weighted by Gasteiger charge is -2.43. The largest absolute Gasteiger partial charge is 0.487 e. The standard InChI is InChI=1S/C31H38ClN3O5S/c32-24-9-7-23-20-40-29-12-10-25-18-27(29)35(16-2-1-5-21(23)17-24)19-22-8-11-26(22)28(36)6-3-15-33-31(13-4-14-31)30(37)34-41(25,38)39/h3,6-7,9-10,12,17-18,22,26,28,33,36H,1-2,4-5,8,11,13-16,19-20H2,(H,34,37)/b6-3+/t22-,26+,28-/m0/s1. The van der Waals surface area contributed by atoms with Gasteiger partial charge in [-0.2, -0.15) is 0 Å². The molecule has 3 N–H and O–H groups in total. The highest BCUT2D eigenvalue weighted by atomic mass is 35.5. The molecule has 0 radical (unpaired) electrons. The van der Waals surface area contributed by atoms with Crippen molar-refractivity contribution in [3.05, 3.63) is 64.7 Å². The Hall–Kier alpha value is -2.59. The summed E-state index contributed by atoms with van der Waals surface area (Å²) < 4.78 is 35.8. The molecule has 2 bridgehead atoms. The Kier molecular flexibility index (Phi) is 8.06. The number of nitrogens with one attached hydrogen (secondary N) is 2. The fourth-order valence-corrected chi connectivity index (χ4v) is 7.80. The molecular formula is C31H38ClN3O5S. The van der Waals surface area contributed by atoms with Crippen molar-refractivity contribution in [2.24, 2.45) is 11.8 Å². The number of benzene rings is 2. The third-order valence-corrected chi connectivity index (χ3v) is 11.0. The van der Waals surface area contributed by atoms with Gasteiger partial charge in [-0.05, 0) is 105 Å². The summed E-state index contributed by atoms with van der Waals surface area (Å²) in [6.07, 6.45) is 9.74. The first-order valence-corrected chi connectivity index (χ1v) is 16.6. The Morgan fingerprint density at radius 2 is 1.90 bits per heavy atom. The number of anilines is 1. The summed E-state index contributed by atoms with van der Waals surface area (Å²) in [5.74, 6) is 0.444. The monoisotopic (exact) mass is 599 g/mol. The first-order valence-electron chi connectivity index (χ1n) is 14.7. The molecule has 8 nitrogen and oxygen atoms in total. The summed E-state index contributed by atoms with van der Waals surface area (Å²) in [7, 11) is -4.12. The summed E-state index contributed by atoms with van der Waals surface area (Å²) in [6, 6.07) is 10.7. The van der Waals surface area contributed by atoms with Crippen LogP contribution in [0.5, 0.6) is 5.75 Å². The van der Waals surface area contributed by atoms with E-state index in [1.807, 2.05) is 30.4 Å². The second-order valence-electron chi connectivity index (χ2n) is 11.9. The maximum atomic E-state index is 13.5. The zero-order valence-electron chi connectivity index (χ0n) is 23.1. The number of aryl methyl sites for hydroxylation is 1. The minimum absolute atomic E-state index is 0.0342. The van der Waals surface area contributed by atoms with Gasteiger partial charge >= 0.3 is 0 Å².